The molecule has 10 nitrogen and oxygen atoms in total. The van der Waals surface area contributed by atoms with Gasteiger partial charge in [-0.1, -0.05) is 6.07 Å². The average molecular weight is 442 g/mol. The zero-order valence-electron chi connectivity index (χ0n) is 18.1. The SMILES string of the molecule is CCOC(=O)C1=C(CN(C)CC(=O)Nc2cccc(OC)c2)NC(=O)NC1c1ccco1. The van der Waals surface area contributed by atoms with E-state index in [0.29, 0.717) is 22.9 Å². The molecule has 0 bridgehead atoms. The number of esters is 1. The van der Waals surface area contributed by atoms with Gasteiger partial charge in [0.05, 0.1) is 32.1 Å². The Bertz CT molecular complexity index is 1000. The number of hydrogen-bond donors (Lipinski definition) is 3. The van der Waals surface area contributed by atoms with E-state index in [-0.39, 0.29) is 31.2 Å². The van der Waals surface area contributed by atoms with Crippen molar-refractivity contribution in [2.24, 2.45) is 0 Å². The smallest absolute Gasteiger partial charge is 0.338 e. The summed E-state index contributed by atoms with van der Waals surface area (Å²) in [5, 5.41) is 8.14. The Kier molecular flexibility index (Phi) is 7.50. The van der Waals surface area contributed by atoms with Gasteiger partial charge in [-0.3, -0.25) is 9.69 Å². The highest BCUT2D eigenvalue weighted by Gasteiger charge is 2.35. The maximum Gasteiger partial charge on any atom is 0.338 e. The number of rotatable bonds is 9. The van der Waals surface area contributed by atoms with E-state index in [1.807, 2.05) is 0 Å². The Morgan fingerprint density at radius 1 is 1.25 bits per heavy atom. The number of urea groups is 1. The highest BCUT2D eigenvalue weighted by molar-refractivity contribution is 5.95. The summed E-state index contributed by atoms with van der Waals surface area (Å²) in [7, 11) is 3.25. The monoisotopic (exact) mass is 442 g/mol. The molecule has 3 rings (SSSR count). The third kappa shape index (κ3) is 5.67. The fourth-order valence-electron chi connectivity index (χ4n) is 3.33. The van der Waals surface area contributed by atoms with Gasteiger partial charge in [0, 0.05) is 24.0 Å². The van der Waals surface area contributed by atoms with E-state index in [4.69, 9.17) is 13.9 Å². The van der Waals surface area contributed by atoms with Gasteiger partial charge in [-0.05, 0) is 38.2 Å². The number of anilines is 1. The van der Waals surface area contributed by atoms with E-state index < -0.39 is 18.0 Å². The van der Waals surface area contributed by atoms with E-state index in [2.05, 4.69) is 16.0 Å². The fraction of sp³-hybridized carbons (Fsp3) is 0.318. The molecule has 3 N–H and O–H groups in total. The highest BCUT2D eigenvalue weighted by atomic mass is 16.5. The van der Waals surface area contributed by atoms with Gasteiger partial charge in [-0.2, -0.15) is 0 Å². The average Bonchev–Trinajstić information content (AvgIpc) is 3.28. The molecule has 0 fully saturated rings. The molecule has 0 spiro atoms. The molecule has 1 aliphatic heterocycles. The lowest BCUT2D eigenvalue weighted by Gasteiger charge is -2.29. The Morgan fingerprint density at radius 2 is 2.06 bits per heavy atom. The van der Waals surface area contributed by atoms with Crippen molar-refractivity contribution < 1.29 is 28.3 Å². The minimum absolute atomic E-state index is 0.0194. The van der Waals surface area contributed by atoms with E-state index in [9.17, 15) is 14.4 Å². The Labute approximate surface area is 185 Å². The molecule has 0 radical (unpaired) electrons. The lowest BCUT2D eigenvalue weighted by Crippen LogP contribution is -2.48. The summed E-state index contributed by atoms with van der Waals surface area (Å²) in [5.41, 5.74) is 1.16. The van der Waals surface area contributed by atoms with Gasteiger partial charge in [-0.25, -0.2) is 9.59 Å². The van der Waals surface area contributed by atoms with Crippen molar-refractivity contribution in [3.8, 4) is 5.75 Å². The molecule has 0 saturated carbocycles. The minimum atomic E-state index is -0.799. The first-order chi connectivity index (χ1) is 15.4. The van der Waals surface area contributed by atoms with E-state index in [1.54, 1.807) is 62.4 Å². The quantitative estimate of drug-likeness (QED) is 0.508. The summed E-state index contributed by atoms with van der Waals surface area (Å²) in [4.78, 5) is 39.1. The highest BCUT2D eigenvalue weighted by Crippen LogP contribution is 2.28. The Morgan fingerprint density at radius 3 is 2.75 bits per heavy atom. The van der Waals surface area contributed by atoms with Crippen LogP contribution in [0.4, 0.5) is 10.5 Å². The molecule has 1 aromatic carbocycles. The topological polar surface area (TPSA) is 122 Å². The van der Waals surface area contributed by atoms with Crippen LogP contribution in [-0.2, 0) is 14.3 Å². The van der Waals surface area contributed by atoms with Crippen molar-refractivity contribution >= 4 is 23.6 Å². The molecule has 10 heteroatoms. The fourth-order valence-corrected chi connectivity index (χ4v) is 3.33. The third-order valence-electron chi connectivity index (χ3n) is 4.67. The van der Waals surface area contributed by atoms with Gasteiger partial charge in [-0.15, -0.1) is 0 Å². The van der Waals surface area contributed by atoms with E-state index in [0.717, 1.165) is 0 Å². The van der Waals surface area contributed by atoms with Gasteiger partial charge >= 0.3 is 12.0 Å². The number of furan rings is 1. The molecule has 0 saturated heterocycles. The summed E-state index contributed by atoms with van der Waals surface area (Å²) >= 11 is 0. The summed E-state index contributed by atoms with van der Waals surface area (Å²) in [6.07, 6.45) is 1.46. The summed E-state index contributed by atoms with van der Waals surface area (Å²) < 4.78 is 15.8. The second-order valence-corrected chi connectivity index (χ2v) is 7.11. The van der Waals surface area contributed by atoms with Crippen LogP contribution >= 0.6 is 0 Å². The molecule has 170 valence electrons. The molecular formula is C22H26N4O6. The summed E-state index contributed by atoms with van der Waals surface area (Å²) in [6.45, 7) is 2.02. The van der Waals surface area contributed by atoms with E-state index in [1.165, 1.54) is 6.26 Å². The number of carbonyl (C=O) groups excluding carboxylic acids is 3. The number of nitrogens with one attached hydrogen (secondary N) is 3. The summed E-state index contributed by atoms with van der Waals surface area (Å²) in [5.74, 6) is 0.188. The second kappa shape index (κ2) is 10.5. The molecular weight excluding hydrogens is 416 g/mol. The number of nitrogens with zero attached hydrogens (tertiary/aromatic N) is 1. The maximum atomic E-state index is 12.7. The lowest BCUT2D eigenvalue weighted by atomic mass is 10.00. The van der Waals surface area contributed by atoms with Crippen LogP contribution in [0.25, 0.3) is 0 Å². The zero-order valence-corrected chi connectivity index (χ0v) is 18.1. The van der Waals surface area contributed by atoms with Gasteiger partial charge in [0.1, 0.15) is 17.6 Å². The van der Waals surface area contributed by atoms with Crippen molar-refractivity contribution in [2.45, 2.75) is 13.0 Å². The van der Waals surface area contributed by atoms with Gasteiger partial charge in [0.15, 0.2) is 0 Å². The van der Waals surface area contributed by atoms with Crippen LogP contribution in [0, 0.1) is 0 Å². The van der Waals surface area contributed by atoms with Crippen molar-refractivity contribution in [3.05, 3.63) is 59.7 Å². The first kappa shape index (κ1) is 22.9. The largest absolute Gasteiger partial charge is 0.497 e. The number of benzene rings is 1. The van der Waals surface area contributed by atoms with Gasteiger partial charge in [0.2, 0.25) is 5.91 Å². The minimum Gasteiger partial charge on any atom is -0.497 e. The molecule has 1 atom stereocenters. The normalized spacial score (nSPS) is 15.8. The predicted molar refractivity (Wildman–Crippen MR) is 116 cm³/mol. The molecule has 2 aromatic rings. The first-order valence-corrected chi connectivity index (χ1v) is 10.0. The molecule has 32 heavy (non-hydrogen) atoms. The van der Waals surface area contributed by atoms with Gasteiger partial charge < -0.3 is 29.8 Å². The van der Waals surface area contributed by atoms with Crippen LogP contribution in [0.15, 0.2) is 58.3 Å². The lowest BCUT2D eigenvalue weighted by molar-refractivity contribution is -0.139. The van der Waals surface area contributed by atoms with Crippen molar-refractivity contribution in [1.82, 2.24) is 15.5 Å². The van der Waals surface area contributed by atoms with Crippen LogP contribution < -0.4 is 20.7 Å². The second-order valence-electron chi connectivity index (χ2n) is 7.11. The number of carbonyl (C=O) groups is 3. The molecule has 1 aromatic heterocycles. The van der Waals surface area contributed by atoms with Crippen LogP contribution in [-0.4, -0.2) is 56.7 Å². The van der Waals surface area contributed by atoms with Crippen LogP contribution in [0.5, 0.6) is 5.75 Å². The molecule has 1 aliphatic rings. The van der Waals surface area contributed by atoms with Crippen LogP contribution in [0.1, 0.15) is 18.7 Å². The Balaban J connectivity index is 1.76. The van der Waals surface area contributed by atoms with Crippen molar-refractivity contribution in [2.75, 3.05) is 39.2 Å². The number of likely N-dealkylation sites (N-methyl/N-ethyl adjacent to an activating group) is 1. The molecule has 0 aliphatic carbocycles. The van der Waals surface area contributed by atoms with Crippen LogP contribution in [0.3, 0.4) is 0 Å². The molecule has 2 heterocycles. The molecule has 3 amide bonds. The maximum absolute atomic E-state index is 12.7. The summed E-state index contributed by atoms with van der Waals surface area (Å²) in [6, 6.07) is 9.06. The molecule has 1 unspecified atom stereocenters. The van der Waals surface area contributed by atoms with Gasteiger partial charge in [0.25, 0.3) is 0 Å². The zero-order chi connectivity index (χ0) is 23.1. The van der Waals surface area contributed by atoms with Crippen LogP contribution in [0.2, 0.25) is 0 Å². The number of amides is 3. The van der Waals surface area contributed by atoms with Crippen molar-refractivity contribution in [3.63, 3.8) is 0 Å². The number of methoxy groups -OCH3 is 1. The Hall–Kier alpha value is -3.79. The van der Waals surface area contributed by atoms with E-state index >= 15 is 0 Å². The predicted octanol–water partition coefficient (Wildman–Crippen LogP) is 2.03. The van der Waals surface area contributed by atoms with Crippen molar-refractivity contribution in [1.29, 1.82) is 0 Å². The number of ether oxygens (including phenoxy) is 2. The standard InChI is InChI=1S/C22H26N4O6/c1-4-31-21(28)19-16(24-22(29)25-20(19)17-9-6-10-32-17)12-26(2)13-18(27)23-14-7-5-8-15(11-14)30-3/h5-11,20H,4,12-13H2,1-3H3,(H,23,27)(H2,24,25,29). The first-order valence-electron chi connectivity index (χ1n) is 10.0. The number of hydrogen-bond acceptors (Lipinski definition) is 7. The third-order valence-corrected chi connectivity index (χ3v) is 4.67.